The van der Waals surface area contributed by atoms with Crippen LogP contribution in [-0.2, 0) is 4.79 Å². The van der Waals surface area contributed by atoms with Crippen LogP contribution in [0.4, 0.5) is 0 Å². The highest BCUT2D eigenvalue weighted by Gasteiger charge is 2.25. The Bertz CT molecular complexity index is 491. The SMILES string of the molecule is C=C(N=O)C1=C/C(=C\C=NCC)CC(C(=O)N=O)N1. The van der Waals surface area contributed by atoms with Crippen molar-refractivity contribution in [1.29, 1.82) is 0 Å². The van der Waals surface area contributed by atoms with Gasteiger partial charge in [-0.2, -0.15) is 0 Å². The van der Waals surface area contributed by atoms with Crippen molar-refractivity contribution in [2.75, 3.05) is 6.54 Å². The number of nitrogens with one attached hydrogen (secondary N) is 1. The quantitative estimate of drug-likeness (QED) is 0.603. The van der Waals surface area contributed by atoms with E-state index in [9.17, 15) is 14.6 Å². The number of hydrogen-bond donors (Lipinski definition) is 1. The number of hydrogen-bond acceptors (Lipinski definition) is 6. The molecule has 0 spiro atoms. The van der Waals surface area contributed by atoms with Crippen molar-refractivity contribution in [3.8, 4) is 0 Å². The molecule has 0 aromatic carbocycles. The fourth-order valence-corrected chi connectivity index (χ4v) is 1.56. The molecule has 0 aromatic heterocycles. The summed E-state index contributed by atoms with van der Waals surface area (Å²) in [7, 11) is 0. The lowest BCUT2D eigenvalue weighted by molar-refractivity contribution is -0.119. The molecule has 7 nitrogen and oxygen atoms in total. The van der Waals surface area contributed by atoms with Gasteiger partial charge in [0.15, 0.2) is 0 Å². The highest BCUT2D eigenvalue weighted by Crippen LogP contribution is 2.21. The van der Waals surface area contributed by atoms with Gasteiger partial charge in [-0.05, 0) is 29.8 Å². The second-order valence-corrected chi connectivity index (χ2v) is 3.82. The Balaban J connectivity index is 3.02. The van der Waals surface area contributed by atoms with Gasteiger partial charge in [0.05, 0.1) is 5.70 Å². The number of nitroso groups, excluding NO2 is 2. The van der Waals surface area contributed by atoms with E-state index in [0.717, 1.165) is 5.57 Å². The fraction of sp³-hybridized carbons (Fsp3) is 0.333. The van der Waals surface area contributed by atoms with E-state index < -0.39 is 11.9 Å². The minimum Gasteiger partial charge on any atom is -0.371 e. The van der Waals surface area contributed by atoms with Gasteiger partial charge in [0.25, 0.3) is 0 Å². The number of carbonyl (C=O) groups excluding carboxylic acids is 1. The first kappa shape index (κ1) is 14.6. The summed E-state index contributed by atoms with van der Waals surface area (Å²) >= 11 is 0. The van der Waals surface area contributed by atoms with E-state index >= 15 is 0 Å². The molecule has 100 valence electrons. The Labute approximate surface area is 110 Å². The Morgan fingerprint density at radius 1 is 1.53 bits per heavy atom. The molecule has 0 saturated carbocycles. The summed E-state index contributed by atoms with van der Waals surface area (Å²) in [6.45, 7) is 5.98. The van der Waals surface area contributed by atoms with Gasteiger partial charge in [0.1, 0.15) is 11.7 Å². The molecule has 0 saturated heterocycles. The minimum atomic E-state index is -0.831. The smallest absolute Gasteiger partial charge is 0.308 e. The van der Waals surface area contributed by atoms with Crippen LogP contribution >= 0.6 is 0 Å². The molecule has 19 heavy (non-hydrogen) atoms. The lowest BCUT2D eigenvalue weighted by Crippen LogP contribution is -2.38. The van der Waals surface area contributed by atoms with Crippen molar-refractivity contribution in [3.63, 3.8) is 0 Å². The Morgan fingerprint density at radius 2 is 2.26 bits per heavy atom. The lowest BCUT2D eigenvalue weighted by atomic mass is 9.99. The third-order valence-corrected chi connectivity index (χ3v) is 2.49. The molecule has 1 N–H and O–H groups in total. The first-order valence-corrected chi connectivity index (χ1v) is 5.69. The summed E-state index contributed by atoms with van der Waals surface area (Å²) < 4.78 is 0. The molecule has 0 bridgehead atoms. The molecule has 1 aliphatic heterocycles. The molecule has 1 atom stereocenters. The molecule has 0 aliphatic carbocycles. The number of carbonyl (C=O) groups is 1. The van der Waals surface area contributed by atoms with Gasteiger partial charge < -0.3 is 5.32 Å². The molecular weight excluding hydrogens is 248 g/mol. The number of amides is 1. The third kappa shape index (κ3) is 4.06. The van der Waals surface area contributed by atoms with E-state index in [4.69, 9.17) is 0 Å². The molecule has 1 rings (SSSR count). The molecule has 1 amide bonds. The van der Waals surface area contributed by atoms with Crippen LogP contribution in [0.5, 0.6) is 0 Å². The van der Waals surface area contributed by atoms with E-state index in [1.807, 2.05) is 6.92 Å². The zero-order chi connectivity index (χ0) is 14.3. The first-order chi connectivity index (χ1) is 9.12. The van der Waals surface area contributed by atoms with Gasteiger partial charge >= 0.3 is 5.91 Å². The highest BCUT2D eigenvalue weighted by atomic mass is 16.3. The molecule has 1 aliphatic rings. The van der Waals surface area contributed by atoms with Crippen LogP contribution in [0.2, 0.25) is 0 Å². The summed E-state index contributed by atoms with van der Waals surface area (Å²) in [4.78, 5) is 36.1. The number of nitrogens with zero attached hydrogens (tertiary/aromatic N) is 3. The maximum absolute atomic E-state index is 11.3. The largest absolute Gasteiger partial charge is 0.371 e. The predicted octanol–water partition coefficient (Wildman–Crippen LogP) is 1.82. The van der Waals surface area contributed by atoms with E-state index in [-0.39, 0.29) is 12.1 Å². The third-order valence-electron chi connectivity index (χ3n) is 2.49. The summed E-state index contributed by atoms with van der Waals surface area (Å²) in [5, 5.41) is 7.81. The van der Waals surface area contributed by atoms with Crippen LogP contribution in [0.1, 0.15) is 13.3 Å². The standard InChI is InChI=1S/C12H14N4O3/c1-3-13-5-4-9-6-10(8(2)15-18)14-11(7-9)12(17)16-19/h4-6,11,14H,2-3,7H2,1H3/b9-4+,13-5?. The van der Waals surface area contributed by atoms with Crippen molar-refractivity contribution >= 4 is 12.1 Å². The summed E-state index contributed by atoms with van der Waals surface area (Å²) in [5.74, 6) is -0.831. The molecule has 1 heterocycles. The zero-order valence-electron chi connectivity index (χ0n) is 10.5. The molecule has 7 heteroatoms. The summed E-state index contributed by atoms with van der Waals surface area (Å²) in [6, 6.07) is -0.808. The molecule has 0 aromatic rings. The number of allylic oxidation sites excluding steroid dienone is 2. The van der Waals surface area contributed by atoms with Crippen molar-refractivity contribution < 1.29 is 4.79 Å². The van der Waals surface area contributed by atoms with Crippen molar-refractivity contribution in [2.45, 2.75) is 19.4 Å². The van der Waals surface area contributed by atoms with Crippen molar-refractivity contribution in [3.05, 3.63) is 45.5 Å². The van der Waals surface area contributed by atoms with E-state index in [0.29, 0.717) is 12.2 Å². The monoisotopic (exact) mass is 262 g/mol. The second-order valence-electron chi connectivity index (χ2n) is 3.82. The van der Waals surface area contributed by atoms with Crippen molar-refractivity contribution in [2.24, 2.45) is 15.3 Å². The van der Waals surface area contributed by atoms with Gasteiger partial charge in [-0.1, -0.05) is 6.58 Å². The van der Waals surface area contributed by atoms with Gasteiger partial charge in [-0.3, -0.25) is 9.79 Å². The number of aliphatic imine (C=N–C) groups is 1. The van der Waals surface area contributed by atoms with Crippen LogP contribution in [0.25, 0.3) is 0 Å². The minimum absolute atomic E-state index is 0.0401. The molecule has 1 unspecified atom stereocenters. The Hall–Kier alpha value is -2.44. The van der Waals surface area contributed by atoms with Gasteiger partial charge in [-0.15, -0.1) is 9.81 Å². The number of rotatable bonds is 5. The zero-order valence-corrected chi connectivity index (χ0v) is 10.5. The van der Waals surface area contributed by atoms with Gasteiger partial charge in [0.2, 0.25) is 0 Å². The average Bonchev–Trinajstić information content (AvgIpc) is 2.45. The lowest BCUT2D eigenvalue weighted by Gasteiger charge is -2.23. The molecule has 0 radical (unpaired) electrons. The van der Waals surface area contributed by atoms with Crippen LogP contribution in [0, 0.1) is 9.81 Å². The van der Waals surface area contributed by atoms with Gasteiger partial charge in [0, 0.05) is 24.4 Å². The first-order valence-electron chi connectivity index (χ1n) is 5.69. The average molecular weight is 262 g/mol. The van der Waals surface area contributed by atoms with Crippen molar-refractivity contribution in [1.82, 2.24) is 5.32 Å². The van der Waals surface area contributed by atoms with Crippen LogP contribution in [0.15, 0.2) is 51.0 Å². The van der Waals surface area contributed by atoms with E-state index in [1.54, 1.807) is 18.4 Å². The maximum atomic E-state index is 11.3. The van der Waals surface area contributed by atoms with Crippen LogP contribution < -0.4 is 5.32 Å². The van der Waals surface area contributed by atoms with Crippen LogP contribution in [-0.4, -0.2) is 24.7 Å². The topological polar surface area (TPSA) is 100 Å². The normalized spacial score (nSPS) is 20.8. The predicted molar refractivity (Wildman–Crippen MR) is 72.5 cm³/mol. The Morgan fingerprint density at radius 3 is 2.84 bits per heavy atom. The fourth-order valence-electron chi connectivity index (χ4n) is 1.56. The van der Waals surface area contributed by atoms with E-state index in [2.05, 4.69) is 27.2 Å². The second kappa shape index (κ2) is 7.10. The van der Waals surface area contributed by atoms with E-state index in [1.165, 1.54) is 0 Å². The van der Waals surface area contributed by atoms with Crippen LogP contribution in [0.3, 0.4) is 0 Å². The molecule has 0 fully saturated rings. The maximum Gasteiger partial charge on any atom is 0.308 e. The molecular formula is C12H14N4O3. The van der Waals surface area contributed by atoms with Gasteiger partial charge in [-0.25, -0.2) is 0 Å². The highest BCUT2D eigenvalue weighted by molar-refractivity contribution is 5.84. The Kier molecular flexibility index (Phi) is 5.46. The summed E-state index contributed by atoms with van der Waals surface area (Å²) in [5.41, 5.74) is 0.999. The summed E-state index contributed by atoms with van der Waals surface area (Å²) in [6.07, 6.45) is 5.23.